The van der Waals surface area contributed by atoms with Crippen molar-refractivity contribution in [2.45, 2.75) is 57.9 Å². The number of fused-ring (bicyclic) bond motifs is 1. The summed E-state index contributed by atoms with van der Waals surface area (Å²) in [5.41, 5.74) is 1.99. The third-order valence-corrected chi connectivity index (χ3v) is 5.31. The smallest absolute Gasteiger partial charge is 0.224 e. The van der Waals surface area contributed by atoms with Crippen LogP contribution in [0.25, 0.3) is 0 Å². The number of piperidine rings is 1. The van der Waals surface area contributed by atoms with Gasteiger partial charge >= 0.3 is 0 Å². The number of ether oxygens (including phenoxy) is 1. The summed E-state index contributed by atoms with van der Waals surface area (Å²) in [7, 11) is 0. The average Bonchev–Trinajstić information content (AvgIpc) is 2.70. The van der Waals surface area contributed by atoms with Crippen molar-refractivity contribution in [1.82, 2.24) is 10.2 Å². The van der Waals surface area contributed by atoms with Crippen LogP contribution in [0.2, 0.25) is 0 Å². The molecule has 1 saturated heterocycles. The van der Waals surface area contributed by atoms with Gasteiger partial charge in [0, 0.05) is 31.1 Å². The lowest BCUT2D eigenvalue weighted by atomic mass is 10.0. The Kier molecular flexibility index (Phi) is 7.10. The number of nitrogens with one attached hydrogen (secondary N) is 2. The van der Waals surface area contributed by atoms with E-state index < -0.39 is 0 Å². The SMILES string of the molecule is CCCN(C(=O)CCCOc1ccc2c(c1)CCC(=O)N2)C1CCNCC1. The van der Waals surface area contributed by atoms with Crippen LogP contribution >= 0.6 is 0 Å². The van der Waals surface area contributed by atoms with Gasteiger partial charge in [0.05, 0.1) is 6.61 Å². The number of carbonyl (C=O) groups is 2. The predicted molar refractivity (Wildman–Crippen MR) is 106 cm³/mol. The van der Waals surface area contributed by atoms with Gasteiger partial charge in [0.25, 0.3) is 0 Å². The maximum atomic E-state index is 12.7. The Morgan fingerprint density at radius 2 is 2.07 bits per heavy atom. The highest BCUT2D eigenvalue weighted by atomic mass is 16.5. The first-order valence-electron chi connectivity index (χ1n) is 10.2. The van der Waals surface area contributed by atoms with Gasteiger partial charge in [-0.05, 0) is 69.0 Å². The summed E-state index contributed by atoms with van der Waals surface area (Å²) < 4.78 is 5.84. The Morgan fingerprint density at radius 1 is 1.26 bits per heavy atom. The lowest BCUT2D eigenvalue weighted by molar-refractivity contribution is -0.134. The van der Waals surface area contributed by atoms with Crippen molar-refractivity contribution < 1.29 is 14.3 Å². The molecule has 1 aromatic rings. The van der Waals surface area contributed by atoms with Crippen molar-refractivity contribution >= 4 is 17.5 Å². The maximum Gasteiger partial charge on any atom is 0.224 e. The minimum Gasteiger partial charge on any atom is -0.494 e. The normalized spacial score (nSPS) is 17.1. The molecule has 3 rings (SSSR count). The lowest BCUT2D eigenvalue weighted by Crippen LogP contribution is -2.46. The van der Waals surface area contributed by atoms with Crippen molar-refractivity contribution in [3.63, 3.8) is 0 Å². The highest BCUT2D eigenvalue weighted by molar-refractivity contribution is 5.94. The number of amides is 2. The molecule has 2 amide bonds. The second-order valence-electron chi connectivity index (χ2n) is 7.39. The first-order valence-corrected chi connectivity index (χ1v) is 10.2. The van der Waals surface area contributed by atoms with Gasteiger partial charge in [-0.15, -0.1) is 0 Å². The summed E-state index contributed by atoms with van der Waals surface area (Å²) >= 11 is 0. The fraction of sp³-hybridized carbons (Fsp3) is 0.619. The summed E-state index contributed by atoms with van der Waals surface area (Å²) in [5, 5.41) is 6.24. The maximum absolute atomic E-state index is 12.7. The highest BCUT2D eigenvalue weighted by Crippen LogP contribution is 2.27. The minimum atomic E-state index is 0.0695. The molecule has 1 fully saturated rings. The summed E-state index contributed by atoms with van der Waals surface area (Å²) in [4.78, 5) is 26.2. The number of nitrogens with zero attached hydrogens (tertiary/aromatic N) is 1. The molecule has 2 aliphatic heterocycles. The molecule has 0 aliphatic carbocycles. The Morgan fingerprint density at radius 3 is 2.85 bits per heavy atom. The van der Waals surface area contributed by atoms with E-state index >= 15 is 0 Å². The van der Waals surface area contributed by atoms with Gasteiger partial charge in [0.2, 0.25) is 11.8 Å². The van der Waals surface area contributed by atoms with E-state index in [-0.39, 0.29) is 11.8 Å². The van der Waals surface area contributed by atoms with Crippen LogP contribution < -0.4 is 15.4 Å². The summed E-state index contributed by atoms with van der Waals surface area (Å²) in [5.74, 6) is 1.13. The second kappa shape index (κ2) is 9.74. The molecular weight excluding hydrogens is 342 g/mol. The Hall–Kier alpha value is -2.08. The van der Waals surface area contributed by atoms with Crippen molar-refractivity contribution in [2.24, 2.45) is 0 Å². The number of aryl methyl sites for hydroxylation is 1. The Balaban J connectivity index is 1.44. The van der Waals surface area contributed by atoms with E-state index in [1.54, 1.807) is 0 Å². The number of carbonyl (C=O) groups excluding carboxylic acids is 2. The van der Waals surface area contributed by atoms with Crippen LogP contribution in [-0.4, -0.2) is 49.0 Å². The largest absolute Gasteiger partial charge is 0.494 e. The van der Waals surface area contributed by atoms with Gasteiger partial charge in [-0.25, -0.2) is 0 Å². The molecule has 0 unspecified atom stereocenters. The zero-order valence-electron chi connectivity index (χ0n) is 16.3. The number of hydrogen-bond acceptors (Lipinski definition) is 4. The van der Waals surface area contributed by atoms with Gasteiger partial charge in [-0.3, -0.25) is 9.59 Å². The molecule has 27 heavy (non-hydrogen) atoms. The molecule has 6 nitrogen and oxygen atoms in total. The van der Waals surface area contributed by atoms with E-state index in [1.165, 1.54) is 0 Å². The Bertz CT molecular complexity index is 656. The van der Waals surface area contributed by atoms with E-state index in [4.69, 9.17) is 4.74 Å². The van der Waals surface area contributed by atoms with Gasteiger partial charge in [-0.2, -0.15) is 0 Å². The first-order chi connectivity index (χ1) is 13.2. The fourth-order valence-electron chi connectivity index (χ4n) is 3.88. The van der Waals surface area contributed by atoms with Gasteiger partial charge in [0.15, 0.2) is 0 Å². The van der Waals surface area contributed by atoms with E-state index in [9.17, 15) is 9.59 Å². The third-order valence-electron chi connectivity index (χ3n) is 5.31. The quantitative estimate of drug-likeness (QED) is 0.688. The average molecular weight is 373 g/mol. The molecule has 0 bridgehead atoms. The molecule has 0 saturated carbocycles. The molecule has 148 valence electrons. The zero-order chi connectivity index (χ0) is 19.1. The van der Waals surface area contributed by atoms with Crippen LogP contribution in [0, 0.1) is 0 Å². The topological polar surface area (TPSA) is 70.7 Å². The number of benzene rings is 1. The summed E-state index contributed by atoms with van der Waals surface area (Å²) in [6.07, 6.45) is 5.62. The summed E-state index contributed by atoms with van der Waals surface area (Å²) in [6.45, 7) is 5.51. The molecule has 0 atom stereocenters. The molecular formula is C21H31N3O3. The number of anilines is 1. The van der Waals surface area contributed by atoms with Crippen molar-refractivity contribution in [2.75, 3.05) is 31.6 Å². The van der Waals surface area contributed by atoms with Crippen LogP contribution in [0.15, 0.2) is 18.2 Å². The van der Waals surface area contributed by atoms with Crippen molar-refractivity contribution in [3.8, 4) is 5.75 Å². The summed E-state index contributed by atoms with van der Waals surface area (Å²) in [6, 6.07) is 6.16. The molecule has 1 aromatic carbocycles. The van der Waals surface area contributed by atoms with Gasteiger partial charge < -0.3 is 20.3 Å². The predicted octanol–water partition coefficient (Wildman–Crippen LogP) is 2.72. The zero-order valence-corrected chi connectivity index (χ0v) is 16.3. The first kappa shape index (κ1) is 19.7. The highest BCUT2D eigenvalue weighted by Gasteiger charge is 2.24. The molecule has 0 radical (unpaired) electrons. The van der Waals surface area contributed by atoms with Crippen molar-refractivity contribution in [1.29, 1.82) is 0 Å². The number of rotatable bonds is 8. The van der Waals surface area contributed by atoms with Crippen LogP contribution in [0.4, 0.5) is 5.69 Å². The molecule has 6 heteroatoms. The van der Waals surface area contributed by atoms with E-state index in [2.05, 4.69) is 22.5 Å². The lowest BCUT2D eigenvalue weighted by Gasteiger charge is -2.34. The van der Waals surface area contributed by atoms with Crippen molar-refractivity contribution in [3.05, 3.63) is 23.8 Å². The van der Waals surface area contributed by atoms with Gasteiger partial charge in [-0.1, -0.05) is 6.92 Å². The van der Waals surface area contributed by atoms with Gasteiger partial charge in [0.1, 0.15) is 5.75 Å². The molecule has 2 aliphatic rings. The standard InChI is InChI=1S/C21H31N3O3/c1-2-13-24(17-9-11-22-12-10-17)21(26)4-3-14-27-18-6-7-19-16(15-18)5-8-20(25)23-19/h6-7,15,17,22H,2-5,8-14H2,1H3,(H,23,25). The second-order valence-corrected chi connectivity index (χ2v) is 7.39. The van der Waals surface area contributed by atoms with E-state index in [1.807, 2.05) is 18.2 Å². The molecule has 0 aromatic heterocycles. The molecule has 2 N–H and O–H groups in total. The van der Waals surface area contributed by atoms with Crippen LogP contribution in [0.5, 0.6) is 5.75 Å². The van der Waals surface area contributed by atoms with Crippen LogP contribution in [0.1, 0.15) is 51.0 Å². The molecule has 2 heterocycles. The number of hydrogen-bond donors (Lipinski definition) is 2. The fourth-order valence-corrected chi connectivity index (χ4v) is 3.88. The monoisotopic (exact) mass is 373 g/mol. The minimum absolute atomic E-state index is 0.0695. The van der Waals surface area contributed by atoms with E-state index in [0.29, 0.717) is 25.5 Å². The Labute approximate surface area is 161 Å². The molecule has 0 spiro atoms. The van der Waals surface area contributed by atoms with Crippen LogP contribution in [-0.2, 0) is 16.0 Å². The third kappa shape index (κ3) is 5.45. The van der Waals surface area contributed by atoms with Crippen LogP contribution in [0.3, 0.4) is 0 Å². The van der Waals surface area contributed by atoms with E-state index in [0.717, 1.165) is 68.7 Å².